The number of fused-ring (bicyclic) bond motifs is 2. The SMILES string of the molecule is CC(C)C[C@H](NC(=O)[C@H](Cc1c[nH]cn1)NC(=O)[C@H](Cc1c[nH]c2ccccc12)NC(=O)[C@H](C)NC(=O)[C@H](CC=O)NC(=O)[C@H](CC(=O)O)NS)C(=O)NCC(=O)N[C@@H](CCC(=O)O)C(=O)N[C@@H](CC(C)C)C(=O)N[C@H](C(=O)N[C@@H](Cc1c[nH]c2ccccc12)C(=O)NC(Cc1ccccc1CN)C(=O)N[C@H](C(N)=O)[C@@H](C)O)C(C)C. The Balaban J connectivity index is 1.18. The molecular formula is C77H105N19O19S. The molecule has 116 heavy (non-hydrogen) atoms. The van der Waals surface area contributed by atoms with Gasteiger partial charge in [-0.2, -0.15) is 0 Å². The van der Waals surface area contributed by atoms with Crippen molar-refractivity contribution in [2.24, 2.45) is 29.2 Å². The van der Waals surface area contributed by atoms with Gasteiger partial charge in [0.1, 0.15) is 78.8 Å². The number of aromatic amines is 3. The van der Waals surface area contributed by atoms with Gasteiger partial charge in [0.15, 0.2) is 0 Å². The van der Waals surface area contributed by atoms with Crippen LogP contribution in [0.3, 0.4) is 0 Å². The van der Waals surface area contributed by atoms with Crippen molar-refractivity contribution in [1.82, 2.24) is 88.5 Å². The molecule has 0 aliphatic heterocycles. The van der Waals surface area contributed by atoms with Crippen molar-refractivity contribution >= 4 is 130 Å². The van der Waals surface area contributed by atoms with Crippen molar-refractivity contribution in [2.75, 3.05) is 6.54 Å². The molecule has 3 heterocycles. The van der Waals surface area contributed by atoms with Crippen LogP contribution in [0.25, 0.3) is 21.8 Å². The van der Waals surface area contributed by atoms with E-state index in [4.69, 9.17) is 11.5 Å². The molecular weight excluding hydrogens is 1530 g/mol. The second kappa shape index (κ2) is 45.1. The summed E-state index contributed by atoms with van der Waals surface area (Å²) >= 11 is 3.78. The number of thiol groups is 1. The van der Waals surface area contributed by atoms with Gasteiger partial charge in [-0.3, -0.25) is 76.6 Å². The molecule has 13 atom stereocenters. The molecule has 0 bridgehead atoms. The molecule has 0 aliphatic carbocycles. The zero-order valence-corrected chi connectivity index (χ0v) is 66.4. The fourth-order valence-corrected chi connectivity index (χ4v) is 12.8. The van der Waals surface area contributed by atoms with E-state index in [1.807, 2.05) is 0 Å². The third kappa shape index (κ3) is 28.5. The number of primary amides is 1. The second-order valence-electron chi connectivity index (χ2n) is 29.3. The zero-order chi connectivity index (χ0) is 85.6. The predicted molar refractivity (Wildman–Crippen MR) is 425 cm³/mol. The van der Waals surface area contributed by atoms with Crippen molar-refractivity contribution in [3.8, 4) is 0 Å². The van der Waals surface area contributed by atoms with Gasteiger partial charge < -0.3 is 110 Å². The number of benzene rings is 3. The Kier molecular flexibility index (Phi) is 36.1. The molecule has 628 valence electrons. The van der Waals surface area contributed by atoms with Crippen molar-refractivity contribution in [1.29, 1.82) is 0 Å². The van der Waals surface area contributed by atoms with Gasteiger partial charge in [-0.15, -0.1) is 0 Å². The maximum absolute atomic E-state index is 14.9. The van der Waals surface area contributed by atoms with Crippen LogP contribution < -0.4 is 80.0 Å². The van der Waals surface area contributed by atoms with Gasteiger partial charge in [0.2, 0.25) is 76.8 Å². The molecule has 0 radical (unpaired) electrons. The van der Waals surface area contributed by atoms with E-state index in [0.717, 1.165) is 0 Å². The lowest BCUT2D eigenvalue weighted by Crippen LogP contribution is -2.61. The van der Waals surface area contributed by atoms with Crippen molar-refractivity contribution in [3.05, 3.63) is 126 Å². The Hall–Kier alpha value is -12.1. The Morgan fingerprint density at radius 2 is 0.914 bits per heavy atom. The first-order valence-corrected chi connectivity index (χ1v) is 38.1. The van der Waals surface area contributed by atoms with Crippen LogP contribution in [0.2, 0.25) is 0 Å². The van der Waals surface area contributed by atoms with E-state index in [2.05, 4.69) is 101 Å². The minimum Gasteiger partial charge on any atom is -0.481 e. The number of carboxylic acid groups (broad SMARTS) is 2. The number of rotatable bonds is 48. The van der Waals surface area contributed by atoms with Crippen LogP contribution in [0.1, 0.15) is 122 Å². The number of para-hydroxylation sites is 2. The quantitative estimate of drug-likeness (QED) is 0.0144. The topological polar surface area (TPSA) is 602 Å². The number of aliphatic carboxylic acids is 2. The molecule has 6 aromatic rings. The fourth-order valence-electron chi connectivity index (χ4n) is 12.6. The summed E-state index contributed by atoms with van der Waals surface area (Å²) in [4.78, 5) is 232. The second-order valence-corrected chi connectivity index (χ2v) is 29.6. The third-order valence-electron chi connectivity index (χ3n) is 18.8. The third-order valence-corrected chi connectivity index (χ3v) is 19.1. The Bertz CT molecular complexity index is 4450. The average molecular weight is 1630 g/mol. The van der Waals surface area contributed by atoms with Gasteiger partial charge in [0.05, 0.1) is 31.1 Å². The highest BCUT2D eigenvalue weighted by Crippen LogP contribution is 2.23. The Morgan fingerprint density at radius 1 is 0.474 bits per heavy atom. The number of nitrogens with two attached hydrogens (primary N) is 2. The highest BCUT2D eigenvalue weighted by Gasteiger charge is 2.39. The minimum absolute atomic E-state index is 0.0437. The van der Waals surface area contributed by atoms with Crippen LogP contribution in [0, 0.1) is 17.8 Å². The molecule has 39 heteroatoms. The van der Waals surface area contributed by atoms with Crippen LogP contribution in [-0.4, -0.2) is 215 Å². The van der Waals surface area contributed by atoms with Crippen LogP contribution in [-0.2, 0) is 109 Å². The molecule has 38 nitrogen and oxygen atoms in total. The summed E-state index contributed by atoms with van der Waals surface area (Å²) in [5, 5.41) is 61.4. The lowest BCUT2D eigenvalue weighted by Gasteiger charge is -2.29. The summed E-state index contributed by atoms with van der Waals surface area (Å²) in [5.74, 6) is -16.7. The highest BCUT2D eigenvalue weighted by molar-refractivity contribution is 7.78. The number of aliphatic hydroxyl groups excluding tert-OH is 1. The molecule has 6 rings (SSSR count). The van der Waals surface area contributed by atoms with Gasteiger partial charge in [-0.1, -0.05) is 115 Å². The first-order chi connectivity index (χ1) is 55.0. The number of carbonyl (C=O) groups excluding carboxylic acids is 14. The lowest BCUT2D eigenvalue weighted by atomic mass is 9.97. The van der Waals surface area contributed by atoms with E-state index in [1.165, 1.54) is 26.4 Å². The number of aldehydes is 1. The molecule has 13 amide bonds. The first kappa shape index (κ1) is 92.8. The number of amides is 13. The number of carboxylic acids is 2. The van der Waals surface area contributed by atoms with E-state index in [-0.39, 0.29) is 62.6 Å². The van der Waals surface area contributed by atoms with Crippen LogP contribution in [0.15, 0.2) is 97.7 Å². The summed E-state index contributed by atoms with van der Waals surface area (Å²) < 4.78 is 2.21. The van der Waals surface area contributed by atoms with E-state index in [9.17, 15) is 92.0 Å². The molecule has 0 fully saturated rings. The molecule has 23 N–H and O–H groups in total. The number of nitrogens with zero attached hydrogens (tertiary/aromatic N) is 1. The number of nitrogens with one attached hydrogen (secondary N) is 16. The molecule has 3 aromatic heterocycles. The molecule has 1 unspecified atom stereocenters. The van der Waals surface area contributed by atoms with Crippen LogP contribution >= 0.6 is 12.8 Å². The lowest BCUT2D eigenvalue weighted by molar-refractivity contribution is -0.140. The predicted octanol–water partition coefficient (Wildman–Crippen LogP) is -2.08. The maximum Gasteiger partial charge on any atom is 0.305 e. The molecule has 3 aromatic carbocycles. The highest BCUT2D eigenvalue weighted by atomic mass is 32.1. The van der Waals surface area contributed by atoms with E-state index in [1.54, 1.807) is 127 Å². The van der Waals surface area contributed by atoms with E-state index in [0.29, 0.717) is 50.3 Å². The first-order valence-electron chi connectivity index (χ1n) is 37.7. The summed E-state index contributed by atoms with van der Waals surface area (Å²) in [7, 11) is 0. The smallest absolute Gasteiger partial charge is 0.305 e. The Morgan fingerprint density at radius 3 is 1.40 bits per heavy atom. The summed E-state index contributed by atoms with van der Waals surface area (Å²) in [6, 6.07) is 2.81. The van der Waals surface area contributed by atoms with Crippen molar-refractivity contribution in [3.63, 3.8) is 0 Å². The van der Waals surface area contributed by atoms with E-state index >= 15 is 0 Å². The normalized spacial score (nSPS) is 14.7. The number of H-pyrrole nitrogens is 3. The number of aliphatic hydroxyl groups is 1. The van der Waals surface area contributed by atoms with E-state index < -0.39 is 205 Å². The fraction of sp³-hybridized carbons (Fsp3) is 0.468. The molecule has 0 spiro atoms. The number of imidazole rings is 1. The molecule has 0 saturated heterocycles. The van der Waals surface area contributed by atoms with Gasteiger partial charge >= 0.3 is 11.9 Å². The largest absolute Gasteiger partial charge is 0.481 e. The van der Waals surface area contributed by atoms with Crippen molar-refractivity contribution < 1.29 is 92.0 Å². The summed E-state index contributed by atoms with van der Waals surface area (Å²) in [6.45, 7) is 11.7. The molecule has 0 aliphatic rings. The van der Waals surface area contributed by atoms with Gasteiger partial charge in [-0.05, 0) is 85.3 Å². The number of hydrogen-bond donors (Lipinski definition) is 22. The number of carbonyl (C=O) groups is 16. The Labute approximate surface area is 673 Å². The number of aromatic nitrogens is 4. The maximum atomic E-state index is 14.9. The summed E-state index contributed by atoms with van der Waals surface area (Å²) in [6.07, 6.45) is 1.20. The minimum atomic E-state index is -1.68. The van der Waals surface area contributed by atoms with Crippen LogP contribution in [0.4, 0.5) is 0 Å². The molecule has 0 saturated carbocycles. The number of hydrogen-bond acceptors (Lipinski definition) is 21. The van der Waals surface area contributed by atoms with Crippen LogP contribution in [0.5, 0.6) is 0 Å². The zero-order valence-electron chi connectivity index (χ0n) is 65.5. The summed E-state index contributed by atoms with van der Waals surface area (Å²) in [5.41, 5.74) is 15.4. The van der Waals surface area contributed by atoms with Gasteiger partial charge in [0, 0.05) is 85.5 Å². The average Bonchev–Trinajstić information content (AvgIpc) is 1.61. The van der Waals surface area contributed by atoms with Gasteiger partial charge in [-0.25, -0.2) is 4.98 Å². The van der Waals surface area contributed by atoms with Gasteiger partial charge in [0.25, 0.3) is 0 Å². The monoisotopic (exact) mass is 1630 g/mol. The standard InChI is InChI=1S/C77H105N19O19S/c1-38(2)25-54(89-73(111)59(30-47-35-80-37-84-47)92-71(109)57(28-45-33-81-50-19-13-11-17-48(45)50)88-67(105)41(7)85-69(107)53(23-24-97)87-76(114)60(96-116)31-63(102)103)68(106)83-36-61(99)86-52(21-22-62(100)101)70(108)90-55(26-39(3)4)74(112)94-64(40(5)6)77(115)93-58(29-46-34-82-51-20-14-12-18-49(46)51)72(110)91-56(27-43-15-9-10-16-44(43)32-78)75(113)95-65(42(8)98)66(79)104/h9-20,24,33-35,37-42,52-60,64-65,81-82,96,98,116H,21-23,25-32,36,78H2,1-8H3,(H2,79,104)(H,80,84)(H,83,106)(H,85,107)(H,86,99)(H,87,114)(H,88,105)(H,89,111)(H,90,108)(H,91,110)(H,92,109)(H,93,115)(H,94,112)(H,95,113)(H,100,101)(H,102,103)/t41-,42+,52-,53-,54-,55-,56?,57-,58-,59-,60-,64-,65-/m0/s1. The van der Waals surface area contributed by atoms with Crippen molar-refractivity contribution in [2.45, 2.75) is 205 Å².